The van der Waals surface area contributed by atoms with E-state index in [9.17, 15) is 0 Å². The molecule has 11 heavy (non-hydrogen) atoms. The van der Waals surface area contributed by atoms with E-state index in [0.717, 1.165) is 0 Å². The van der Waals surface area contributed by atoms with Crippen molar-refractivity contribution in [1.82, 2.24) is 6.15 Å². The van der Waals surface area contributed by atoms with Crippen molar-refractivity contribution >= 4 is 16.6 Å². The molecule has 1 radical (unpaired) electrons. The van der Waals surface area contributed by atoms with Crippen molar-refractivity contribution in [2.24, 2.45) is 0 Å². The molecular weight excluding hydrogens is 225 g/mol. The maximum absolute atomic E-state index is 8.74. The number of hydrogen-bond acceptors (Lipinski definition) is 4. The molecule has 0 spiro atoms. The predicted molar refractivity (Wildman–Crippen MR) is 29.9 cm³/mol. The smallest absolute Gasteiger partial charge is 0.450 e. The summed E-state index contributed by atoms with van der Waals surface area (Å²) in [5, 5.41) is 13.9. The van der Waals surface area contributed by atoms with E-state index in [0.29, 0.717) is 0 Å². The van der Waals surface area contributed by atoms with E-state index in [1.165, 1.54) is 0 Å². The molecule has 0 amide bonds. The molecule has 0 saturated heterocycles. The SMILES string of the molecule is N.O=C(O)O.O=S(=O)(O)O.[Mn]. The first kappa shape index (κ1) is 22.4. The number of carboxylic acid groups (broad SMARTS) is 2. The Kier molecular flexibility index (Phi) is 19.6. The van der Waals surface area contributed by atoms with Crippen molar-refractivity contribution in [3.63, 3.8) is 0 Å². The predicted octanol–water partition coefficient (Wildman–Crippen LogP) is -0.271. The van der Waals surface area contributed by atoms with Crippen molar-refractivity contribution in [2.75, 3.05) is 0 Å². The third-order valence-corrected chi connectivity index (χ3v) is 0. The molecule has 0 fully saturated rings. The van der Waals surface area contributed by atoms with Gasteiger partial charge in [-0.25, -0.2) is 4.79 Å². The fraction of sp³-hybridized carbons (Fsp3) is 0. The van der Waals surface area contributed by atoms with Gasteiger partial charge < -0.3 is 16.4 Å². The van der Waals surface area contributed by atoms with E-state index >= 15 is 0 Å². The van der Waals surface area contributed by atoms with Gasteiger partial charge in [0.15, 0.2) is 0 Å². The Bertz CT molecular complexity index is 161. The van der Waals surface area contributed by atoms with Gasteiger partial charge in [-0.05, 0) is 0 Å². The average Bonchev–Trinajstić information content (AvgIpc) is 1.19. The molecular formula is CH7MnNO7S. The van der Waals surface area contributed by atoms with Crippen molar-refractivity contribution < 1.29 is 49.6 Å². The maximum atomic E-state index is 8.74. The normalized spacial score (nSPS) is 7.45. The van der Waals surface area contributed by atoms with Gasteiger partial charge in [0.05, 0.1) is 0 Å². The van der Waals surface area contributed by atoms with Gasteiger partial charge >= 0.3 is 16.6 Å². The van der Waals surface area contributed by atoms with Gasteiger partial charge in [-0.2, -0.15) is 8.42 Å². The second-order valence-electron chi connectivity index (χ2n) is 0.730. The number of carbonyl (C=O) groups is 1. The minimum Gasteiger partial charge on any atom is -0.450 e. The fourth-order valence-electron chi connectivity index (χ4n) is 0. The van der Waals surface area contributed by atoms with E-state index in [2.05, 4.69) is 0 Å². The van der Waals surface area contributed by atoms with Crippen molar-refractivity contribution in [3.8, 4) is 0 Å². The molecule has 0 unspecified atom stereocenters. The Balaban J connectivity index is -0.0000000383. The Morgan fingerprint density at radius 2 is 1.09 bits per heavy atom. The van der Waals surface area contributed by atoms with E-state index in [1.54, 1.807) is 0 Å². The molecule has 0 atom stereocenters. The molecule has 71 valence electrons. The summed E-state index contributed by atoms with van der Waals surface area (Å²) in [6, 6.07) is 0. The van der Waals surface area contributed by atoms with Gasteiger partial charge in [-0.15, -0.1) is 0 Å². The van der Waals surface area contributed by atoms with Gasteiger partial charge in [0, 0.05) is 17.1 Å². The van der Waals surface area contributed by atoms with Crippen molar-refractivity contribution in [1.29, 1.82) is 0 Å². The van der Waals surface area contributed by atoms with E-state index < -0.39 is 16.6 Å². The molecule has 10 heteroatoms. The summed E-state index contributed by atoms with van der Waals surface area (Å²) < 4.78 is 31.6. The van der Waals surface area contributed by atoms with Crippen LogP contribution in [0.4, 0.5) is 4.79 Å². The molecule has 0 aromatic heterocycles. The van der Waals surface area contributed by atoms with E-state index in [1.807, 2.05) is 0 Å². The summed E-state index contributed by atoms with van der Waals surface area (Å²) >= 11 is 0. The third-order valence-electron chi connectivity index (χ3n) is 0. The Morgan fingerprint density at radius 3 is 1.09 bits per heavy atom. The third kappa shape index (κ3) is 3860. The van der Waals surface area contributed by atoms with Crippen molar-refractivity contribution in [3.05, 3.63) is 0 Å². The van der Waals surface area contributed by atoms with Crippen LogP contribution in [0, 0.1) is 0 Å². The van der Waals surface area contributed by atoms with Crippen LogP contribution in [0.25, 0.3) is 0 Å². The van der Waals surface area contributed by atoms with Crippen molar-refractivity contribution in [2.45, 2.75) is 0 Å². The zero-order valence-corrected chi connectivity index (χ0v) is 7.00. The van der Waals surface area contributed by atoms with E-state index in [-0.39, 0.29) is 23.2 Å². The molecule has 0 aromatic carbocycles. The molecule has 0 aliphatic rings. The zero-order chi connectivity index (χ0) is 8.08. The monoisotopic (exact) mass is 232 g/mol. The quantitative estimate of drug-likeness (QED) is 0.281. The fourth-order valence-corrected chi connectivity index (χ4v) is 0. The second kappa shape index (κ2) is 9.62. The van der Waals surface area contributed by atoms with Gasteiger partial charge in [-0.3, -0.25) is 9.11 Å². The maximum Gasteiger partial charge on any atom is 0.503 e. The molecule has 0 bridgehead atoms. The standard InChI is InChI=1S/CH2O3.Mn.H3N.H2O4S/c2-1(3)4;;;1-5(2,3)4/h(H2,2,3,4);;1H3;(H2,1,2,3,4). The Hall–Kier alpha value is -0.381. The topological polar surface area (TPSA) is 167 Å². The minimum atomic E-state index is -4.67. The second-order valence-corrected chi connectivity index (χ2v) is 1.63. The summed E-state index contributed by atoms with van der Waals surface area (Å²) in [7, 11) is -4.67. The van der Waals surface area contributed by atoms with Gasteiger partial charge in [0.2, 0.25) is 0 Å². The van der Waals surface area contributed by atoms with Crippen LogP contribution in [-0.2, 0) is 27.5 Å². The van der Waals surface area contributed by atoms with Crippen LogP contribution in [-0.4, -0.2) is 33.9 Å². The summed E-state index contributed by atoms with van der Waals surface area (Å²) in [6.45, 7) is 0. The minimum absolute atomic E-state index is 0. The van der Waals surface area contributed by atoms with Gasteiger partial charge in [0.25, 0.3) is 0 Å². The van der Waals surface area contributed by atoms with Gasteiger partial charge in [-0.1, -0.05) is 0 Å². The molecule has 0 aromatic rings. The number of rotatable bonds is 0. The molecule has 0 rings (SSSR count). The molecule has 8 nitrogen and oxygen atoms in total. The Labute approximate surface area is 72.9 Å². The summed E-state index contributed by atoms with van der Waals surface area (Å²) in [5.74, 6) is 0. The first-order chi connectivity index (χ1) is 3.73. The molecule has 0 heterocycles. The van der Waals surface area contributed by atoms with E-state index in [4.69, 9.17) is 32.5 Å². The molecule has 0 saturated carbocycles. The average molecular weight is 232 g/mol. The first-order valence-electron chi connectivity index (χ1n) is 1.35. The zero-order valence-electron chi connectivity index (χ0n) is 5.01. The summed E-state index contributed by atoms with van der Waals surface area (Å²) in [4.78, 5) is 8.56. The van der Waals surface area contributed by atoms with Crippen LogP contribution in [0.5, 0.6) is 0 Å². The Morgan fingerprint density at radius 1 is 1.09 bits per heavy atom. The summed E-state index contributed by atoms with van der Waals surface area (Å²) in [6.07, 6.45) is -1.83. The summed E-state index contributed by atoms with van der Waals surface area (Å²) in [5.41, 5.74) is 0. The van der Waals surface area contributed by atoms with Crippen LogP contribution in [0.1, 0.15) is 0 Å². The molecule has 7 N–H and O–H groups in total. The molecule has 0 aliphatic heterocycles. The van der Waals surface area contributed by atoms with Crippen LogP contribution < -0.4 is 6.15 Å². The first-order valence-corrected chi connectivity index (χ1v) is 2.75. The van der Waals surface area contributed by atoms with Crippen LogP contribution in [0.3, 0.4) is 0 Å². The van der Waals surface area contributed by atoms with Crippen LogP contribution >= 0.6 is 0 Å². The van der Waals surface area contributed by atoms with Crippen LogP contribution in [0.15, 0.2) is 0 Å². The molecule has 0 aliphatic carbocycles. The van der Waals surface area contributed by atoms with Crippen LogP contribution in [0.2, 0.25) is 0 Å². The largest absolute Gasteiger partial charge is 0.503 e. The number of hydrogen-bond donors (Lipinski definition) is 5. The van der Waals surface area contributed by atoms with Gasteiger partial charge in [0.1, 0.15) is 0 Å².